The van der Waals surface area contributed by atoms with E-state index < -0.39 is 0 Å². The second-order valence-corrected chi connectivity index (χ2v) is 4.23. The molecule has 0 saturated carbocycles. The number of ether oxygens (including phenoxy) is 1. The van der Waals surface area contributed by atoms with Gasteiger partial charge in [0.2, 0.25) is 0 Å². The zero-order chi connectivity index (χ0) is 12.7. The Bertz CT molecular complexity index is 327. The van der Waals surface area contributed by atoms with Crippen LogP contribution in [0.3, 0.4) is 0 Å². The number of aliphatic hydroxyl groups is 1. The number of hydrogen-bond donors (Lipinski definition) is 2. The van der Waals surface area contributed by atoms with Crippen molar-refractivity contribution in [2.24, 2.45) is 11.7 Å². The molecule has 0 aliphatic heterocycles. The largest absolute Gasteiger partial charge is 0.396 e. The second-order valence-electron chi connectivity index (χ2n) is 4.23. The third kappa shape index (κ3) is 4.07. The molecule has 0 fully saturated rings. The van der Waals surface area contributed by atoms with Crippen LogP contribution in [-0.2, 0) is 24.2 Å². The van der Waals surface area contributed by atoms with E-state index in [0.29, 0.717) is 19.1 Å². The minimum atomic E-state index is 0.201. The van der Waals surface area contributed by atoms with Gasteiger partial charge in [0.1, 0.15) is 0 Å². The first-order valence-electron chi connectivity index (χ1n) is 5.94. The SMILES string of the molecule is COCCc1c(CN)nnn1CC(C)CCO. The van der Waals surface area contributed by atoms with Crippen molar-refractivity contribution in [3.05, 3.63) is 11.4 Å². The molecule has 1 aromatic rings. The lowest BCUT2D eigenvalue weighted by atomic mass is 10.1. The first kappa shape index (κ1) is 14.1. The number of nitrogens with zero attached hydrogens (tertiary/aromatic N) is 3. The van der Waals surface area contributed by atoms with E-state index in [0.717, 1.165) is 30.8 Å². The highest BCUT2D eigenvalue weighted by Crippen LogP contribution is 2.11. The van der Waals surface area contributed by atoms with Crippen LogP contribution in [0, 0.1) is 5.92 Å². The Kier molecular flexibility index (Phi) is 6.10. The molecule has 3 N–H and O–H groups in total. The van der Waals surface area contributed by atoms with Gasteiger partial charge in [0.05, 0.1) is 18.0 Å². The van der Waals surface area contributed by atoms with Crippen LogP contribution in [0.25, 0.3) is 0 Å². The average Bonchev–Trinajstić information content (AvgIpc) is 2.69. The van der Waals surface area contributed by atoms with Crippen molar-refractivity contribution >= 4 is 0 Å². The molecule has 0 saturated heterocycles. The number of aromatic nitrogens is 3. The van der Waals surface area contributed by atoms with Crippen molar-refractivity contribution in [1.82, 2.24) is 15.0 Å². The smallest absolute Gasteiger partial charge is 0.0995 e. The van der Waals surface area contributed by atoms with E-state index in [4.69, 9.17) is 15.6 Å². The topological polar surface area (TPSA) is 86.2 Å². The Morgan fingerprint density at radius 2 is 2.29 bits per heavy atom. The van der Waals surface area contributed by atoms with Gasteiger partial charge in [-0.2, -0.15) is 0 Å². The Balaban J connectivity index is 2.72. The molecule has 98 valence electrons. The predicted molar refractivity (Wildman–Crippen MR) is 64.4 cm³/mol. The van der Waals surface area contributed by atoms with Gasteiger partial charge in [-0.3, -0.25) is 0 Å². The lowest BCUT2D eigenvalue weighted by Crippen LogP contribution is -2.15. The normalized spacial score (nSPS) is 12.9. The fraction of sp³-hybridized carbons (Fsp3) is 0.818. The fourth-order valence-electron chi connectivity index (χ4n) is 1.75. The van der Waals surface area contributed by atoms with E-state index in [-0.39, 0.29) is 6.61 Å². The quantitative estimate of drug-likeness (QED) is 0.667. The first-order chi connectivity index (χ1) is 8.22. The number of nitrogens with two attached hydrogens (primary N) is 1. The average molecular weight is 242 g/mol. The summed E-state index contributed by atoms with van der Waals surface area (Å²) in [5, 5.41) is 17.1. The molecular formula is C11H22N4O2. The van der Waals surface area contributed by atoms with Gasteiger partial charge in [-0.25, -0.2) is 4.68 Å². The van der Waals surface area contributed by atoms with Crippen LogP contribution in [0.15, 0.2) is 0 Å². The third-order valence-corrected chi connectivity index (χ3v) is 2.76. The van der Waals surface area contributed by atoms with Crippen molar-refractivity contribution in [3.63, 3.8) is 0 Å². The maximum Gasteiger partial charge on any atom is 0.0995 e. The first-order valence-corrected chi connectivity index (χ1v) is 5.94. The monoisotopic (exact) mass is 242 g/mol. The molecule has 0 bridgehead atoms. The van der Waals surface area contributed by atoms with Crippen LogP contribution in [0.1, 0.15) is 24.7 Å². The zero-order valence-electron chi connectivity index (χ0n) is 10.6. The third-order valence-electron chi connectivity index (χ3n) is 2.76. The van der Waals surface area contributed by atoms with Crippen molar-refractivity contribution < 1.29 is 9.84 Å². The molecule has 6 nitrogen and oxygen atoms in total. The molecule has 1 aromatic heterocycles. The summed E-state index contributed by atoms with van der Waals surface area (Å²) in [6.07, 6.45) is 1.53. The number of hydrogen-bond acceptors (Lipinski definition) is 5. The molecule has 0 spiro atoms. The second kappa shape index (κ2) is 7.37. The molecule has 0 radical (unpaired) electrons. The molecule has 0 aromatic carbocycles. The minimum Gasteiger partial charge on any atom is -0.396 e. The molecule has 1 atom stereocenters. The fourth-order valence-corrected chi connectivity index (χ4v) is 1.75. The van der Waals surface area contributed by atoms with Crippen molar-refractivity contribution in [3.8, 4) is 0 Å². The summed E-state index contributed by atoms with van der Waals surface area (Å²) in [7, 11) is 1.67. The molecule has 1 unspecified atom stereocenters. The lowest BCUT2D eigenvalue weighted by molar-refractivity contribution is 0.198. The van der Waals surface area contributed by atoms with E-state index >= 15 is 0 Å². The summed E-state index contributed by atoms with van der Waals surface area (Å²) in [6, 6.07) is 0. The zero-order valence-corrected chi connectivity index (χ0v) is 10.6. The highest BCUT2D eigenvalue weighted by Gasteiger charge is 2.13. The van der Waals surface area contributed by atoms with Gasteiger partial charge in [-0.15, -0.1) is 5.10 Å². The van der Waals surface area contributed by atoms with E-state index in [1.807, 2.05) is 4.68 Å². The molecule has 0 aliphatic carbocycles. The Morgan fingerprint density at radius 1 is 1.53 bits per heavy atom. The Hall–Kier alpha value is -0.980. The van der Waals surface area contributed by atoms with Gasteiger partial charge < -0.3 is 15.6 Å². The summed E-state index contributed by atoms with van der Waals surface area (Å²) < 4.78 is 6.95. The van der Waals surface area contributed by atoms with Gasteiger partial charge in [0, 0.05) is 33.2 Å². The Labute approximate surface area is 102 Å². The van der Waals surface area contributed by atoms with Crippen molar-refractivity contribution in [2.45, 2.75) is 32.9 Å². The molecule has 1 rings (SSSR count). The standard InChI is InChI=1S/C11H22N4O2/c1-9(3-5-16)8-15-11(4-6-17-2)10(7-12)13-14-15/h9,16H,3-8,12H2,1-2H3. The van der Waals surface area contributed by atoms with Gasteiger partial charge in [0.25, 0.3) is 0 Å². The molecule has 0 amide bonds. The van der Waals surface area contributed by atoms with Crippen LogP contribution >= 0.6 is 0 Å². The van der Waals surface area contributed by atoms with Crippen molar-refractivity contribution in [1.29, 1.82) is 0 Å². The summed E-state index contributed by atoms with van der Waals surface area (Å²) >= 11 is 0. The van der Waals surface area contributed by atoms with Crippen LogP contribution in [0.4, 0.5) is 0 Å². The lowest BCUT2D eigenvalue weighted by Gasteiger charge is -2.12. The van der Waals surface area contributed by atoms with Gasteiger partial charge >= 0.3 is 0 Å². The Morgan fingerprint density at radius 3 is 2.88 bits per heavy atom. The summed E-state index contributed by atoms with van der Waals surface area (Å²) in [5.41, 5.74) is 7.50. The van der Waals surface area contributed by atoms with Gasteiger partial charge in [0.15, 0.2) is 0 Å². The summed E-state index contributed by atoms with van der Waals surface area (Å²) in [5.74, 6) is 0.369. The molecule has 1 heterocycles. The number of methoxy groups -OCH3 is 1. The summed E-state index contributed by atoms with van der Waals surface area (Å²) in [4.78, 5) is 0. The van der Waals surface area contributed by atoms with Gasteiger partial charge in [-0.1, -0.05) is 12.1 Å². The van der Waals surface area contributed by atoms with E-state index in [9.17, 15) is 0 Å². The summed E-state index contributed by atoms with van der Waals surface area (Å²) in [6.45, 7) is 4.07. The molecule has 6 heteroatoms. The minimum absolute atomic E-state index is 0.201. The number of rotatable bonds is 8. The van der Waals surface area contributed by atoms with E-state index in [2.05, 4.69) is 17.2 Å². The van der Waals surface area contributed by atoms with Crippen molar-refractivity contribution in [2.75, 3.05) is 20.3 Å². The van der Waals surface area contributed by atoms with Crippen LogP contribution in [-0.4, -0.2) is 40.4 Å². The van der Waals surface area contributed by atoms with Crippen LogP contribution in [0.2, 0.25) is 0 Å². The van der Waals surface area contributed by atoms with Gasteiger partial charge in [-0.05, 0) is 12.3 Å². The molecular weight excluding hydrogens is 220 g/mol. The maximum absolute atomic E-state index is 8.89. The highest BCUT2D eigenvalue weighted by molar-refractivity contribution is 5.10. The van der Waals surface area contributed by atoms with Crippen LogP contribution in [0.5, 0.6) is 0 Å². The number of aliphatic hydroxyl groups excluding tert-OH is 1. The van der Waals surface area contributed by atoms with E-state index in [1.54, 1.807) is 7.11 Å². The predicted octanol–water partition coefficient (Wildman–Crippen LogP) is -0.0558. The van der Waals surface area contributed by atoms with Crippen LogP contribution < -0.4 is 5.73 Å². The molecule has 17 heavy (non-hydrogen) atoms. The van der Waals surface area contributed by atoms with E-state index in [1.165, 1.54) is 0 Å². The highest BCUT2D eigenvalue weighted by atomic mass is 16.5. The molecule has 0 aliphatic rings. The maximum atomic E-state index is 8.89.